The van der Waals surface area contributed by atoms with Crippen molar-refractivity contribution in [1.29, 1.82) is 0 Å². The summed E-state index contributed by atoms with van der Waals surface area (Å²) in [7, 11) is 0. The first kappa shape index (κ1) is 11.3. The second-order valence-corrected chi connectivity index (χ2v) is 5.69. The summed E-state index contributed by atoms with van der Waals surface area (Å²) in [6, 6.07) is 2.64. The number of hydrogen-bond donors (Lipinski definition) is 1. The molecule has 3 rings (SSSR count). The van der Waals surface area contributed by atoms with Gasteiger partial charge < -0.3 is 9.84 Å². The van der Waals surface area contributed by atoms with Crippen LogP contribution in [0.4, 0.5) is 0 Å². The molecular weight excluding hydrogens is 212 g/mol. The predicted octanol–water partition coefficient (Wildman–Crippen LogP) is 3.12. The molecule has 2 aliphatic rings. The van der Waals surface area contributed by atoms with Crippen LogP contribution < -0.4 is 5.32 Å². The molecule has 1 N–H and O–H groups in total. The van der Waals surface area contributed by atoms with E-state index in [1.807, 2.05) is 6.07 Å². The van der Waals surface area contributed by atoms with Crippen molar-refractivity contribution in [3.63, 3.8) is 0 Å². The van der Waals surface area contributed by atoms with Crippen LogP contribution in [0.15, 0.2) is 16.9 Å². The van der Waals surface area contributed by atoms with E-state index in [-0.39, 0.29) is 0 Å². The maximum atomic E-state index is 4.85. The molecule has 3 unspecified atom stereocenters. The van der Waals surface area contributed by atoms with Crippen molar-refractivity contribution in [1.82, 2.24) is 10.5 Å². The highest BCUT2D eigenvalue weighted by Gasteiger charge is 2.31. The molecule has 0 bridgehead atoms. The van der Waals surface area contributed by atoms with Gasteiger partial charge in [-0.05, 0) is 31.1 Å². The highest BCUT2D eigenvalue weighted by Crippen LogP contribution is 2.40. The molecular formula is C14H22N2O. The van der Waals surface area contributed by atoms with E-state index in [1.54, 1.807) is 6.26 Å². The lowest BCUT2D eigenvalue weighted by molar-refractivity contribution is 0.143. The molecule has 0 aromatic carbocycles. The largest absolute Gasteiger partial charge is 0.364 e. The van der Waals surface area contributed by atoms with Gasteiger partial charge in [-0.25, -0.2) is 0 Å². The van der Waals surface area contributed by atoms with Crippen LogP contribution in [0.5, 0.6) is 0 Å². The molecule has 3 nitrogen and oxygen atoms in total. The molecule has 0 spiro atoms. The van der Waals surface area contributed by atoms with Gasteiger partial charge in [0.25, 0.3) is 0 Å². The summed E-state index contributed by atoms with van der Waals surface area (Å²) in [6.07, 6.45) is 11.7. The first-order chi connectivity index (χ1) is 8.42. The van der Waals surface area contributed by atoms with Crippen molar-refractivity contribution in [2.24, 2.45) is 11.8 Å². The molecule has 2 saturated carbocycles. The quantitative estimate of drug-likeness (QED) is 0.873. The first-order valence-corrected chi connectivity index (χ1v) is 7.04. The fourth-order valence-electron chi connectivity index (χ4n) is 3.64. The van der Waals surface area contributed by atoms with Crippen LogP contribution in [-0.4, -0.2) is 11.2 Å². The summed E-state index contributed by atoms with van der Waals surface area (Å²) in [5.74, 6) is 2.03. The van der Waals surface area contributed by atoms with Gasteiger partial charge in [0.1, 0.15) is 6.26 Å². The van der Waals surface area contributed by atoms with Crippen LogP contribution >= 0.6 is 0 Å². The van der Waals surface area contributed by atoms with Gasteiger partial charge in [0.2, 0.25) is 0 Å². The predicted molar refractivity (Wildman–Crippen MR) is 66.4 cm³/mol. The van der Waals surface area contributed by atoms with Crippen LogP contribution in [-0.2, 0) is 6.54 Å². The molecule has 94 valence electrons. The molecule has 0 amide bonds. The summed E-state index contributed by atoms with van der Waals surface area (Å²) < 4.78 is 4.85. The van der Waals surface area contributed by atoms with Gasteiger partial charge in [-0.2, -0.15) is 0 Å². The molecule has 0 aliphatic heterocycles. The Morgan fingerprint density at radius 1 is 1.18 bits per heavy atom. The lowest BCUT2D eigenvalue weighted by Gasteiger charge is -2.39. The van der Waals surface area contributed by atoms with E-state index in [4.69, 9.17) is 4.52 Å². The third-order valence-electron chi connectivity index (χ3n) is 4.60. The summed E-state index contributed by atoms with van der Waals surface area (Å²) in [5, 5.41) is 7.58. The topological polar surface area (TPSA) is 38.1 Å². The van der Waals surface area contributed by atoms with Gasteiger partial charge >= 0.3 is 0 Å². The van der Waals surface area contributed by atoms with Gasteiger partial charge in [0.05, 0.1) is 5.69 Å². The van der Waals surface area contributed by atoms with E-state index in [2.05, 4.69) is 10.5 Å². The summed E-state index contributed by atoms with van der Waals surface area (Å²) in [5.41, 5.74) is 1.02. The minimum absolute atomic E-state index is 0.700. The van der Waals surface area contributed by atoms with Gasteiger partial charge in [-0.3, -0.25) is 0 Å². The lowest BCUT2D eigenvalue weighted by Crippen LogP contribution is -2.38. The highest BCUT2D eigenvalue weighted by molar-refractivity contribution is 4.95. The molecule has 1 aromatic rings. The van der Waals surface area contributed by atoms with Gasteiger partial charge in [-0.15, -0.1) is 0 Å². The maximum Gasteiger partial charge on any atom is 0.124 e. The summed E-state index contributed by atoms with van der Waals surface area (Å²) in [4.78, 5) is 0. The lowest BCUT2D eigenvalue weighted by atomic mass is 9.69. The maximum absolute atomic E-state index is 4.85. The van der Waals surface area contributed by atoms with E-state index in [1.165, 1.54) is 44.9 Å². The van der Waals surface area contributed by atoms with Gasteiger partial charge in [0, 0.05) is 18.7 Å². The number of aromatic nitrogens is 1. The fraction of sp³-hybridized carbons (Fsp3) is 0.786. The van der Waals surface area contributed by atoms with Crippen LogP contribution in [0.1, 0.15) is 50.6 Å². The van der Waals surface area contributed by atoms with E-state index in [0.29, 0.717) is 6.04 Å². The van der Waals surface area contributed by atoms with Crippen molar-refractivity contribution in [3.8, 4) is 0 Å². The Bertz CT molecular complexity index is 336. The standard InChI is InChI=1S/C14H22N2O/c1-2-4-12-9-13(6-5-11(12)3-1)15-10-14-7-8-17-16-14/h7-8,11-13,15H,1-6,9-10H2. The third-order valence-corrected chi connectivity index (χ3v) is 4.60. The zero-order valence-electron chi connectivity index (χ0n) is 10.4. The Labute approximate surface area is 103 Å². The molecule has 2 fully saturated rings. The Kier molecular flexibility index (Phi) is 3.46. The van der Waals surface area contributed by atoms with Crippen molar-refractivity contribution >= 4 is 0 Å². The highest BCUT2D eigenvalue weighted by atomic mass is 16.5. The Balaban J connectivity index is 1.48. The van der Waals surface area contributed by atoms with Crippen LogP contribution in [0.3, 0.4) is 0 Å². The second kappa shape index (κ2) is 5.21. The third kappa shape index (κ3) is 2.71. The average molecular weight is 234 g/mol. The van der Waals surface area contributed by atoms with E-state index in [0.717, 1.165) is 24.1 Å². The molecule has 2 aliphatic carbocycles. The smallest absolute Gasteiger partial charge is 0.124 e. The fourth-order valence-corrected chi connectivity index (χ4v) is 3.64. The molecule has 3 heteroatoms. The van der Waals surface area contributed by atoms with Gasteiger partial charge in [0.15, 0.2) is 0 Å². The van der Waals surface area contributed by atoms with E-state index < -0.39 is 0 Å². The first-order valence-electron chi connectivity index (χ1n) is 7.04. The number of rotatable bonds is 3. The summed E-state index contributed by atoms with van der Waals surface area (Å²) >= 11 is 0. The Hall–Kier alpha value is -0.830. The average Bonchev–Trinajstić information content (AvgIpc) is 2.89. The molecule has 17 heavy (non-hydrogen) atoms. The van der Waals surface area contributed by atoms with Crippen LogP contribution in [0.2, 0.25) is 0 Å². The number of fused-ring (bicyclic) bond motifs is 1. The Morgan fingerprint density at radius 3 is 2.88 bits per heavy atom. The molecule has 0 saturated heterocycles. The Morgan fingerprint density at radius 2 is 2.06 bits per heavy atom. The summed E-state index contributed by atoms with van der Waals surface area (Å²) in [6.45, 7) is 0.860. The zero-order valence-corrected chi connectivity index (χ0v) is 10.4. The molecule has 1 heterocycles. The van der Waals surface area contributed by atoms with Crippen molar-refractivity contribution in [3.05, 3.63) is 18.0 Å². The minimum Gasteiger partial charge on any atom is -0.364 e. The van der Waals surface area contributed by atoms with Crippen molar-refractivity contribution in [2.75, 3.05) is 0 Å². The number of nitrogens with zero attached hydrogens (tertiary/aromatic N) is 1. The molecule has 0 radical (unpaired) electrons. The monoisotopic (exact) mass is 234 g/mol. The van der Waals surface area contributed by atoms with Crippen LogP contribution in [0.25, 0.3) is 0 Å². The second-order valence-electron chi connectivity index (χ2n) is 5.69. The molecule has 1 aromatic heterocycles. The number of nitrogens with one attached hydrogen (secondary N) is 1. The van der Waals surface area contributed by atoms with E-state index in [9.17, 15) is 0 Å². The zero-order chi connectivity index (χ0) is 11.5. The van der Waals surface area contributed by atoms with Crippen molar-refractivity contribution < 1.29 is 4.52 Å². The molecule has 3 atom stereocenters. The number of hydrogen-bond acceptors (Lipinski definition) is 3. The normalized spacial score (nSPS) is 33.3. The van der Waals surface area contributed by atoms with Gasteiger partial charge in [-0.1, -0.05) is 30.8 Å². The SMILES string of the molecule is c1cc(CNC2CCC3CCCCC3C2)no1. The van der Waals surface area contributed by atoms with Crippen molar-refractivity contribution in [2.45, 2.75) is 57.5 Å². The van der Waals surface area contributed by atoms with E-state index >= 15 is 0 Å². The minimum atomic E-state index is 0.700. The van der Waals surface area contributed by atoms with Crippen LogP contribution in [0, 0.1) is 11.8 Å².